The van der Waals surface area contributed by atoms with Gasteiger partial charge >= 0.3 is 0 Å². The standard InChI is InChI=1S/C25H26N6O3.2C22H25N5O3/c1-2-20(32)30-11-10-25(15-30)12-17(13-25)31-23(26)21(24(27)33)22(29-31)16-8-9-19(28-14-16)34-18-6-4-3-5-7-18;2*1-2-17(28)26-11-22(12-26)9-14(10-22)27-20(23)18(21(24)29)19(25-27)13-3-5-15(6-4-13)30-16-7-8-16/h2-9,14,17H,1,10-13,15,26H2,(H2,27,33);2*2-6,14,16H,1,7-12,23H2,(H2,24,29). The highest BCUT2D eigenvalue weighted by atomic mass is 16.5. The molecule has 12 N–H and O–H groups in total. The molecule has 0 unspecified atom stereocenters. The third-order valence-corrected chi connectivity index (χ3v) is 19.5. The molecule has 3 saturated heterocycles. The van der Waals surface area contributed by atoms with Gasteiger partial charge in [0.1, 0.15) is 68.5 Å². The van der Waals surface area contributed by atoms with Gasteiger partial charge in [0.05, 0.1) is 30.3 Å². The molecule has 486 valence electrons. The highest BCUT2D eigenvalue weighted by molar-refractivity contribution is 6.05. The molecule has 25 heteroatoms. The van der Waals surface area contributed by atoms with Gasteiger partial charge < -0.3 is 63.3 Å². The number of hydrogen-bond donors (Lipinski definition) is 6. The number of ether oxygens (including phenoxy) is 3. The number of likely N-dealkylation sites (tertiary alicyclic amines) is 3. The van der Waals surface area contributed by atoms with E-state index in [9.17, 15) is 28.8 Å². The van der Waals surface area contributed by atoms with Crippen molar-refractivity contribution in [2.75, 3.05) is 56.5 Å². The molecular formula is C69H76N16O9. The molecule has 5 saturated carbocycles. The van der Waals surface area contributed by atoms with Gasteiger partial charge in [0, 0.05) is 79.1 Å². The van der Waals surface area contributed by atoms with Gasteiger partial charge in [-0.05, 0) is 161 Å². The summed E-state index contributed by atoms with van der Waals surface area (Å²) in [6, 6.07) is 28.1. The van der Waals surface area contributed by atoms with Gasteiger partial charge in [0.15, 0.2) is 0 Å². The SMILES string of the molecule is C=CC(=O)N1CC2(CC(n3nc(-c4ccc(OC5CC5)cc4)c(C(N)=O)c3N)C2)C1.C=CC(=O)N1CC2(CC(n3nc(-c4ccc(OC5CC5)cc4)c(C(N)=O)c3N)C2)C1.C=CC(=O)N1CCC2(CC(n3nc(-c4ccc(Oc5ccccc5)nc4)c(C(N)=O)c3N)C2)C1. The topological polar surface area (TPSA) is 362 Å². The predicted molar refractivity (Wildman–Crippen MR) is 350 cm³/mol. The number of nitrogen functional groups attached to an aromatic ring is 3. The van der Waals surface area contributed by atoms with E-state index in [0.29, 0.717) is 64.7 Å². The fourth-order valence-corrected chi connectivity index (χ4v) is 14.4. The molecule has 0 bridgehead atoms. The summed E-state index contributed by atoms with van der Waals surface area (Å²) in [5, 5.41) is 14.0. The zero-order chi connectivity index (χ0) is 66.0. The van der Waals surface area contributed by atoms with Crippen molar-refractivity contribution in [2.24, 2.45) is 33.4 Å². The number of benzene rings is 3. The van der Waals surface area contributed by atoms with Crippen LogP contribution in [0.3, 0.4) is 0 Å². The van der Waals surface area contributed by atoms with Gasteiger partial charge in [-0.2, -0.15) is 15.3 Å². The predicted octanol–water partition coefficient (Wildman–Crippen LogP) is 7.40. The molecule has 3 aliphatic heterocycles. The Morgan fingerprint density at radius 3 is 1.18 bits per heavy atom. The van der Waals surface area contributed by atoms with Gasteiger partial charge in [-0.25, -0.2) is 19.0 Å². The summed E-state index contributed by atoms with van der Waals surface area (Å²) in [7, 11) is 0. The number of carbonyl (C=O) groups is 6. The number of amides is 6. The summed E-state index contributed by atoms with van der Waals surface area (Å²) in [5.74, 6) is 1.64. The maximum atomic E-state index is 12.3. The van der Waals surface area contributed by atoms with Crippen molar-refractivity contribution >= 4 is 52.9 Å². The smallest absolute Gasteiger partial charge is 0.254 e. The summed E-state index contributed by atoms with van der Waals surface area (Å²) in [6.45, 7) is 15.0. The van der Waals surface area contributed by atoms with Crippen molar-refractivity contribution in [3.05, 3.63) is 152 Å². The van der Waals surface area contributed by atoms with Crippen molar-refractivity contribution in [3.63, 3.8) is 0 Å². The summed E-state index contributed by atoms with van der Waals surface area (Å²) in [4.78, 5) is 81.7. The third-order valence-electron chi connectivity index (χ3n) is 19.5. The maximum Gasteiger partial charge on any atom is 0.254 e. The van der Waals surface area contributed by atoms with E-state index in [2.05, 4.69) is 40.0 Å². The summed E-state index contributed by atoms with van der Waals surface area (Å²) >= 11 is 0. The highest BCUT2D eigenvalue weighted by Crippen LogP contribution is 2.57. The van der Waals surface area contributed by atoms with Crippen molar-refractivity contribution in [1.82, 2.24) is 49.0 Å². The molecule has 5 aliphatic carbocycles. The summed E-state index contributed by atoms with van der Waals surface area (Å²) < 4.78 is 22.5. The van der Waals surface area contributed by atoms with Crippen molar-refractivity contribution in [1.29, 1.82) is 0 Å². The molecule has 8 aliphatic rings. The van der Waals surface area contributed by atoms with Gasteiger partial charge in [-0.3, -0.25) is 28.8 Å². The number of nitrogens with zero attached hydrogens (tertiary/aromatic N) is 10. The minimum atomic E-state index is -0.638. The van der Waals surface area contributed by atoms with Crippen LogP contribution in [0.2, 0.25) is 0 Å². The number of hydrogen-bond acceptors (Lipinski definition) is 16. The molecule has 8 fully saturated rings. The van der Waals surface area contributed by atoms with E-state index in [1.165, 1.54) is 18.2 Å². The largest absolute Gasteiger partial charge is 0.490 e. The van der Waals surface area contributed by atoms with Crippen LogP contribution in [0.5, 0.6) is 23.1 Å². The summed E-state index contributed by atoms with van der Waals surface area (Å²) in [6.07, 6.45) is 16.7. The number of aromatic nitrogens is 7. The molecule has 15 rings (SSSR count). The van der Waals surface area contributed by atoms with E-state index in [4.69, 9.17) is 48.6 Å². The number of carbonyl (C=O) groups excluding carboxylic acids is 6. The van der Waals surface area contributed by atoms with Gasteiger partial charge in [-0.15, -0.1) is 0 Å². The highest BCUT2D eigenvalue weighted by Gasteiger charge is 2.56. The Morgan fingerprint density at radius 1 is 0.457 bits per heavy atom. The molecule has 7 heterocycles. The molecule has 94 heavy (non-hydrogen) atoms. The monoisotopic (exact) mass is 1270 g/mol. The lowest BCUT2D eigenvalue weighted by molar-refractivity contribution is -0.149. The van der Waals surface area contributed by atoms with Crippen molar-refractivity contribution in [3.8, 4) is 56.9 Å². The lowest BCUT2D eigenvalue weighted by Gasteiger charge is -2.58. The first-order chi connectivity index (χ1) is 45.2. The number of primary amides is 3. The van der Waals surface area contributed by atoms with E-state index in [0.717, 1.165) is 126 Å². The van der Waals surface area contributed by atoms with E-state index >= 15 is 0 Å². The fourth-order valence-electron chi connectivity index (χ4n) is 14.4. The van der Waals surface area contributed by atoms with Crippen LogP contribution in [0.4, 0.5) is 17.5 Å². The minimum Gasteiger partial charge on any atom is -0.490 e. The van der Waals surface area contributed by atoms with Crippen molar-refractivity contribution < 1.29 is 43.0 Å². The number of anilines is 3. The zero-order valence-electron chi connectivity index (χ0n) is 52.1. The second-order valence-corrected chi connectivity index (χ2v) is 26.4. The number of pyridine rings is 1. The first-order valence-electron chi connectivity index (χ1n) is 31.7. The minimum absolute atomic E-state index is 0.0323. The van der Waals surface area contributed by atoms with Crippen LogP contribution >= 0.6 is 0 Å². The third kappa shape index (κ3) is 12.1. The van der Waals surface area contributed by atoms with Gasteiger partial charge in [0.25, 0.3) is 17.7 Å². The molecule has 25 nitrogen and oxygen atoms in total. The average molecular weight is 1270 g/mol. The molecule has 4 aromatic heterocycles. The summed E-state index contributed by atoms with van der Waals surface area (Å²) in [5.41, 5.74) is 40.5. The Bertz CT molecular complexity index is 3970. The van der Waals surface area contributed by atoms with Crippen molar-refractivity contribution in [2.45, 2.75) is 101 Å². The quantitative estimate of drug-likeness (QED) is 0.0456. The van der Waals surface area contributed by atoms with E-state index in [-0.39, 0.29) is 74.6 Å². The molecule has 3 spiro atoms. The Kier molecular flexibility index (Phi) is 16.1. The Hall–Kier alpha value is -10.7. The second-order valence-electron chi connectivity index (χ2n) is 26.4. The Morgan fingerprint density at radius 2 is 0.819 bits per heavy atom. The molecule has 0 atom stereocenters. The van der Waals surface area contributed by atoms with Crippen LogP contribution in [0.15, 0.2) is 135 Å². The molecule has 6 amide bonds. The second kappa shape index (κ2) is 24.4. The number of para-hydroxylation sites is 1. The van der Waals surface area contributed by atoms with Crippen LogP contribution in [0.1, 0.15) is 120 Å². The van der Waals surface area contributed by atoms with Crippen LogP contribution in [-0.2, 0) is 14.4 Å². The van der Waals surface area contributed by atoms with E-state index < -0.39 is 17.7 Å². The number of rotatable bonds is 18. The van der Waals surface area contributed by atoms with E-state index in [1.807, 2.05) is 83.8 Å². The van der Waals surface area contributed by atoms with Crippen LogP contribution in [-0.4, -0.2) is 136 Å². The van der Waals surface area contributed by atoms with E-state index in [1.54, 1.807) is 42.2 Å². The van der Waals surface area contributed by atoms with Crippen LogP contribution in [0, 0.1) is 16.2 Å². The normalized spacial score (nSPS) is 18.7. The molecule has 0 radical (unpaired) electrons. The first kappa shape index (κ1) is 62.1. The van der Waals surface area contributed by atoms with Gasteiger partial charge in [-0.1, -0.05) is 37.9 Å². The lowest BCUT2D eigenvalue weighted by atomic mass is 9.60. The first-order valence-corrected chi connectivity index (χ1v) is 31.7. The fraction of sp³-hybridized carbons (Fsp3) is 0.362. The molecular weight excluding hydrogens is 1200 g/mol. The number of nitrogens with two attached hydrogens (primary N) is 6. The Labute approximate surface area is 542 Å². The van der Waals surface area contributed by atoms with Gasteiger partial charge in [0.2, 0.25) is 23.6 Å². The molecule has 3 aromatic carbocycles. The lowest BCUT2D eigenvalue weighted by Crippen LogP contribution is -2.63. The van der Waals surface area contributed by atoms with Crippen LogP contribution < -0.4 is 48.6 Å². The maximum absolute atomic E-state index is 12.3. The zero-order valence-corrected chi connectivity index (χ0v) is 52.1. The molecule has 7 aromatic rings. The Balaban J connectivity index is 0.000000128. The average Bonchev–Trinajstić information content (AvgIpc) is 0.913. The van der Waals surface area contributed by atoms with Crippen LogP contribution in [0.25, 0.3) is 33.8 Å².